The summed E-state index contributed by atoms with van der Waals surface area (Å²) >= 11 is 1.94. The molecular formula is C10H15NS. The van der Waals surface area contributed by atoms with E-state index >= 15 is 0 Å². The number of thiophene rings is 1. The molecule has 1 aromatic rings. The van der Waals surface area contributed by atoms with Crippen LogP contribution in [-0.2, 0) is 5.41 Å². The minimum Gasteiger partial charge on any atom is -0.316 e. The first-order valence-corrected chi connectivity index (χ1v) is 5.30. The molecule has 66 valence electrons. The van der Waals surface area contributed by atoms with Gasteiger partial charge in [0.2, 0.25) is 0 Å². The average molecular weight is 181 g/mol. The molecule has 0 bridgehead atoms. The molecule has 2 heteroatoms. The highest BCUT2D eigenvalue weighted by Gasteiger charge is 2.31. The highest BCUT2D eigenvalue weighted by Crippen LogP contribution is 2.34. The van der Waals surface area contributed by atoms with Crippen molar-refractivity contribution in [3.63, 3.8) is 0 Å². The molecule has 1 aromatic heterocycles. The summed E-state index contributed by atoms with van der Waals surface area (Å²) < 4.78 is 0. The van der Waals surface area contributed by atoms with Crippen molar-refractivity contribution in [2.75, 3.05) is 13.1 Å². The van der Waals surface area contributed by atoms with Crippen molar-refractivity contribution in [1.29, 1.82) is 0 Å². The molecule has 0 radical (unpaired) electrons. The first-order valence-electron chi connectivity index (χ1n) is 4.48. The van der Waals surface area contributed by atoms with Gasteiger partial charge in [-0.1, -0.05) is 6.92 Å². The van der Waals surface area contributed by atoms with Crippen LogP contribution >= 0.6 is 11.3 Å². The van der Waals surface area contributed by atoms with Crippen molar-refractivity contribution < 1.29 is 0 Å². The lowest BCUT2D eigenvalue weighted by Crippen LogP contribution is -2.23. The van der Waals surface area contributed by atoms with E-state index in [1.165, 1.54) is 17.8 Å². The molecule has 0 saturated carbocycles. The number of aryl methyl sites for hydroxylation is 1. The van der Waals surface area contributed by atoms with Crippen LogP contribution in [0.3, 0.4) is 0 Å². The first kappa shape index (κ1) is 8.27. The zero-order chi connectivity index (χ0) is 8.60. The standard InChI is InChI=1S/C10H15NS/c1-8-3-4-9(12-8)10(2)5-6-11-7-10/h3-4,11H,5-7H2,1-2H3. The molecule has 0 spiro atoms. The van der Waals surface area contributed by atoms with Crippen LogP contribution in [0.15, 0.2) is 12.1 Å². The molecule has 0 aromatic carbocycles. The molecule has 2 rings (SSSR count). The van der Waals surface area contributed by atoms with Gasteiger partial charge in [0.15, 0.2) is 0 Å². The van der Waals surface area contributed by atoms with Gasteiger partial charge in [0.05, 0.1) is 0 Å². The molecule has 1 aliphatic heterocycles. The first-order chi connectivity index (χ1) is 5.71. The van der Waals surface area contributed by atoms with Gasteiger partial charge in [-0.3, -0.25) is 0 Å². The number of nitrogens with one attached hydrogen (secondary N) is 1. The Bertz CT molecular complexity index is 271. The maximum atomic E-state index is 3.43. The highest BCUT2D eigenvalue weighted by atomic mass is 32.1. The lowest BCUT2D eigenvalue weighted by Gasteiger charge is -2.20. The van der Waals surface area contributed by atoms with Gasteiger partial charge in [-0.05, 0) is 32.0 Å². The van der Waals surface area contributed by atoms with E-state index in [0.29, 0.717) is 5.41 Å². The van der Waals surface area contributed by atoms with Gasteiger partial charge in [-0.25, -0.2) is 0 Å². The summed E-state index contributed by atoms with van der Waals surface area (Å²) in [6, 6.07) is 4.51. The van der Waals surface area contributed by atoms with Crippen molar-refractivity contribution in [1.82, 2.24) is 5.32 Å². The Kier molecular flexibility index (Phi) is 1.97. The zero-order valence-corrected chi connectivity index (χ0v) is 8.50. The van der Waals surface area contributed by atoms with Gasteiger partial charge >= 0.3 is 0 Å². The average Bonchev–Trinajstić information content (AvgIpc) is 2.59. The fourth-order valence-corrected chi connectivity index (χ4v) is 2.83. The highest BCUT2D eigenvalue weighted by molar-refractivity contribution is 7.12. The summed E-state index contributed by atoms with van der Waals surface area (Å²) in [5.74, 6) is 0. The van der Waals surface area contributed by atoms with Gasteiger partial charge in [0.1, 0.15) is 0 Å². The molecule has 1 saturated heterocycles. The minimum atomic E-state index is 0.416. The maximum Gasteiger partial charge on any atom is 0.0156 e. The van der Waals surface area contributed by atoms with Crippen LogP contribution in [0.4, 0.5) is 0 Å². The minimum absolute atomic E-state index is 0.416. The smallest absolute Gasteiger partial charge is 0.0156 e. The molecule has 0 aliphatic carbocycles. The van der Waals surface area contributed by atoms with E-state index in [1.807, 2.05) is 11.3 Å². The lowest BCUT2D eigenvalue weighted by atomic mass is 9.88. The topological polar surface area (TPSA) is 12.0 Å². The Morgan fingerprint density at radius 2 is 2.33 bits per heavy atom. The molecule has 0 amide bonds. The quantitative estimate of drug-likeness (QED) is 0.701. The van der Waals surface area contributed by atoms with Crippen molar-refractivity contribution >= 4 is 11.3 Å². The van der Waals surface area contributed by atoms with Crippen LogP contribution in [0.2, 0.25) is 0 Å². The van der Waals surface area contributed by atoms with Crippen LogP contribution in [0.1, 0.15) is 23.1 Å². The van der Waals surface area contributed by atoms with Crippen LogP contribution in [-0.4, -0.2) is 13.1 Å². The second-order valence-corrected chi connectivity index (χ2v) is 5.19. The fraction of sp³-hybridized carbons (Fsp3) is 0.600. The third-order valence-electron chi connectivity index (χ3n) is 2.70. The zero-order valence-electron chi connectivity index (χ0n) is 7.68. The molecule has 1 unspecified atom stereocenters. The Hall–Kier alpha value is -0.340. The van der Waals surface area contributed by atoms with Crippen LogP contribution in [0.25, 0.3) is 0 Å². The fourth-order valence-electron chi connectivity index (χ4n) is 1.79. The third kappa shape index (κ3) is 1.29. The molecule has 1 nitrogen and oxygen atoms in total. The van der Waals surface area contributed by atoms with E-state index in [-0.39, 0.29) is 0 Å². The van der Waals surface area contributed by atoms with E-state index in [1.54, 1.807) is 4.88 Å². The van der Waals surface area contributed by atoms with Crippen LogP contribution in [0, 0.1) is 6.92 Å². The van der Waals surface area contributed by atoms with E-state index < -0.39 is 0 Å². The summed E-state index contributed by atoms with van der Waals surface area (Å²) in [5, 5.41) is 3.43. The lowest BCUT2D eigenvalue weighted by molar-refractivity contribution is 0.536. The van der Waals surface area contributed by atoms with Gasteiger partial charge in [-0.2, -0.15) is 0 Å². The van der Waals surface area contributed by atoms with E-state index in [4.69, 9.17) is 0 Å². The monoisotopic (exact) mass is 181 g/mol. The second kappa shape index (κ2) is 2.86. The Morgan fingerprint density at radius 1 is 1.50 bits per heavy atom. The van der Waals surface area contributed by atoms with Crippen molar-refractivity contribution in [2.24, 2.45) is 0 Å². The second-order valence-electron chi connectivity index (χ2n) is 3.90. The Labute approximate surface area is 77.8 Å². The molecule has 1 N–H and O–H groups in total. The molecule has 1 aliphatic rings. The van der Waals surface area contributed by atoms with Gasteiger partial charge < -0.3 is 5.32 Å². The number of rotatable bonds is 1. The summed E-state index contributed by atoms with van der Waals surface area (Å²) in [4.78, 5) is 2.98. The normalized spacial score (nSPS) is 29.5. The van der Waals surface area contributed by atoms with Crippen molar-refractivity contribution in [3.8, 4) is 0 Å². The molecule has 1 fully saturated rings. The van der Waals surface area contributed by atoms with Crippen LogP contribution < -0.4 is 5.32 Å². The summed E-state index contributed by atoms with van der Waals surface area (Å²) in [5.41, 5.74) is 0.416. The predicted molar refractivity (Wildman–Crippen MR) is 53.9 cm³/mol. The number of hydrogen-bond donors (Lipinski definition) is 1. The van der Waals surface area contributed by atoms with E-state index in [9.17, 15) is 0 Å². The Balaban J connectivity index is 2.28. The Morgan fingerprint density at radius 3 is 2.83 bits per heavy atom. The van der Waals surface area contributed by atoms with Gasteiger partial charge in [0.25, 0.3) is 0 Å². The number of hydrogen-bond acceptors (Lipinski definition) is 2. The van der Waals surface area contributed by atoms with E-state index in [0.717, 1.165) is 6.54 Å². The maximum absolute atomic E-state index is 3.43. The molecule has 1 atom stereocenters. The summed E-state index contributed by atoms with van der Waals surface area (Å²) in [6.07, 6.45) is 1.28. The summed E-state index contributed by atoms with van der Waals surface area (Å²) in [7, 11) is 0. The summed E-state index contributed by atoms with van der Waals surface area (Å²) in [6.45, 7) is 6.86. The van der Waals surface area contributed by atoms with Crippen molar-refractivity contribution in [3.05, 3.63) is 21.9 Å². The molecule has 2 heterocycles. The third-order valence-corrected chi connectivity index (χ3v) is 4.01. The molecule has 12 heavy (non-hydrogen) atoms. The van der Waals surface area contributed by atoms with Crippen LogP contribution in [0.5, 0.6) is 0 Å². The SMILES string of the molecule is Cc1ccc(C2(C)CCNC2)s1. The van der Waals surface area contributed by atoms with E-state index in [2.05, 4.69) is 31.3 Å². The molecular weight excluding hydrogens is 166 g/mol. The largest absolute Gasteiger partial charge is 0.316 e. The van der Waals surface area contributed by atoms with Gasteiger partial charge in [-0.15, -0.1) is 11.3 Å². The van der Waals surface area contributed by atoms with Crippen molar-refractivity contribution in [2.45, 2.75) is 25.7 Å². The predicted octanol–water partition coefficient (Wildman–Crippen LogP) is 2.31. The van der Waals surface area contributed by atoms with Gasteiger partial charge in [0, 0.05) is 21.7 Å².